The highest BCUT2D eigenvalue weighted by atomic mass is 35.5. The van der Waals surface area contributed by atoms with Crippen molar-refractivity contribution in [1.29, 1.82) is 0 Å². The molecule has 0 spiro atoms. The van der Waals surface area contributed by atoms with Crippen molar-refractivity contribution in [3.63, 3.8) is 0 Å². The van der Waals surface area contributed by atoms with Crippen LogP contribution in [-0.4, -0.2) is 67.4 Å². The van der Waals surface area contributed by atoms with E-state index in [1.165, 1.54) is 0 Å². The van der Waals surface area contributed by atoms with Gasteiger partial charge < -0.3 is 10.2 Å². The molecule has 0 bridgehead atoms. The summed E-state index contributed by atoms with van der Waals surface area (Å²) in [5.41, 5.74) is 1.77. The molecule has 3 rings (SSSR count). The van der Waals surface area contributed by atoms with Crippen molar-refractivity contribution in [2.24, 2.45) is 0 Å². The molecule has 0 aromatic heterocycles. The summed E-state index contributed by atoms with van der Waals surface area (Å²) in [6.07, 6.45) is -0.445. The molecule has 5 nitrogen and oxygen atoms in total. The van der Waals surface area contributed by atoms with Gasteiger partial charge in [0, 0.05) is 44.8 Å². The molecular weight excluding hydrogens is 421 g/mol. The summed E-state index contributed by atoms with van der Waals surface area (Å²) in [6.45, 7) is 4.55. The number of anilines is 1. The zero-order valence-electron chi connectivity index (χ0n) is 15.1. The number of rotatable bonds is 4. The fourth-order valence-corrected chi connectivity index (χ4v) is 3.14. The molecule has 156 valence electrons. The number of carbonyl (C=O) groups excluding carboxylic acids is 1. The molecule has 1 amide bonds. The molecule has 10 heteroatoms. The average Bonchev–Trinajstić information content (AvgIpc) is 2.90. The van der Waals surface area contributed by atoms with Crippen LogP contribution in [0.15, 0.2) is 24.3 Å². The summed E-state index contributed by atoms with van der Waals surface area (Å²) in [4.78, 5) is 16.8. The molecule has 2 aliphatic rings. The molecule has 1 unspecified atom stereocenters. The van der Waals surface area contributed by atoms with E-state index >= 15 is 0 Å². The van der Waals surface area contributed by atoms with E-state index in [0.29, 0.717) is 5.69 Å². The number of hydrogen-bond acceptors (Lipinski definition) is 4. The number of amides is 1. The molecular formula is C17H27Cl3F2N4O. The Kier molecular flexibility index (Phi) is 11.0. The van der Waals surface area contributed by atoms with Gasteiger partial charge in [-0.3, -0.25) is 15.0 Å². The third kappa shape index (κ3) is 7.68. The van der Waals surface area contributed by atoms with Crippen molar-refractivity contribution in [1.82, 2.24) is 15.1 Å². The van der Waals surface area contributed by atoms with E-state index < -0.39 is 30.8 Å². The summed E-state index contributed by atoms with van der Waals surface area (Å²) in [7, 11) is 2.12. The molecule has 1 aromatic rings. The van der Waals surface area contributed by atoms with Gasteiger partial charge in [0.05, 0.1) is 12.6 Å². The van der Waals surface area contributed by atoms with E-state index in [4.69, 9.17) is 0 Å². The highest BCUT2D eigenvalue weighted by molar-refractivity contribution is 5.95. The molecule has 0 aliphatic carbocycles. The summed E-state index contributed by atoms with van der Waals surface area (Å²) < 4.78 is 26.4. The topological polar surface area (TPSA) is 47.6 Å². The Morgan fingerprint density at radius 3 is 2.48 bits per heavy atom. The quantitative estimate of drug-likeness (QED) is 0.745. The van der Waals surface area contributed by atoms with Crippen molar-refractivity contribution >= 4 is 48.8 Å². The Balaban J connectivity index is 0.00000225. The normalized spacial score (nSPS) is 22.1. The Hall–Kier alpha value is -0.700. The van der Waals surface area contributed by atoms with Gasteiger partial charge in [-0.1, -0.05) is 12.1 Å². The number of nitrogens with one attached hydrogen (secondary N) is 2. The highest BCUT2D eigenvalue weighted by Gasteiger charge is 2.42. The van der Waals surface area contributed by atoms with Crippen LogP contribution in [0.5, 0.6) is 0 Å². The van der Waals surface area contributed by atoms with Gasteiger partial charge in [0.15, 0.2) is 0 Å². The molecule has 2 N–H and O–H groups in total. The van der Waals surface area contributed by atoms with Crippen molar-refractivity contribution in [2.75, 3.05) is 45.1 Å². The second kappa shape index (κ2) is 11.3. The lowest BCUT2D eigenvalue weighted by atomic mass is 10.1. The number of alkyl halides is 2. The van der Waals surface area contributed by atoms with Gasteiger partial charge >= 0.3 is 0 Å². The predicted molar refractivity (Wildman–Crippen MR) is 111 cm³/mol. The van der Waals surface area contributed by atoms with Crippen LogP contribution < -0.4 is 10.6 Å². The monoisotopic (exact) mass is 446 g/mol. The predicted octanol–water partition coefficient (Wildman–Crippen LogP) is 2.64. The number of likely N-dealkylation sites (N-methyl/N-ethyl adjacent to an activating group) is 1. The first-order valence-electron chi connectivity index (χ1n) is 8.33. The van der Waals surface area contributed by atoms with Gasteiger partial charge in [0.1, 0.15) is 0 Å². The van der Waals surface area contributed by atoms with Crippen LogP contribution in [0.2, 0.25) is 0 Å². The summed E-state index contributed by atoms with van der Waals surface area (Å²) in [5, 5.41) is 5.32. The second-order valence-electron chi connectivity index (χ2n) is 6.76. The molecule has 2 aliphatic heterocycles. The molecule has 1 aromatic carbocycles. The van der Waals surface area contributed by atoms with Crippen LogP contribution in [0.4, 0.5) is 14.5 Å². The van der Waals surface area contributed by atoms with Crippen LogP contribution in [0, 0.1) is 0 Å². The third-order valence-electron chi connectivity index (χ3n) is 4.62. The maximum absolute atomic E-state index is 13.2. The van der Waals surface area contributed by atoms with Crippen LogP contribution in [0.1, 0.15) is 12.0 Å². The lowest BCUT2D eigenvalue weighted by molar-refractivity contribution is -0.118. The lowest BCUT2D eigenvalue weighted by Crippen LogP contribution is -2.43. The van der Waals surface area contributed by atoms with Crippen LogP contribution >= 0.6 is 37.2 Å². The minimum Gasteiger partial charge on any atom is -0.325 e. The van der Waals surface area contributed by atoms with Crippen LogP contribution in [-0.2, 0) is 11.3 Å². The first kappa shape index (κ1) is 26.3. The molecule has 27 heavy (non-hydrogen) atoms. The Morgan fingerprint density at radius 2 is 1.89 bits per heavy atom. The number of carbonyl (C=O) groups is 1. The van der Waals surface area contributed by atoms with E-state index in [9.17, 15) is 13.6 Å². The Labute approximate surface area is 177 Å². The SMILES string of the molecule is CN1CCN(Cc2cccc(NC(=O)C3CC(F)(F)CN3)c2)CC1.Cl.Cl.Cl. The molecule has 2 saturated heterocycles. The zero-order valence-corrected chi connectivity index (χ0v) is 17.6. The fourth-order valence-electron chi connectivity index (χ4n) is 3.14. The minimum absolute atomic E-state index is 0. The van der Waals surface area contributed by atoms with Gasteiger partial charge in [-0.05, 0) is 24.7 Å². The average molecular weight is 448 g/mol. The largest absolute Gasteiger partial charge is 0.325 e. The Bertz CT molecular complexity index is 601. The third-order valence-corrected chi connectivity index (χ3v) is 4.62. The highest BCUT2D eigenvalue weighted by Crippen LogP contribution is 2.26. The summed E-state index contributed by atoms with van der Waals surface area (Å²) >= 11 is 0. The van der Waals surface area contributed by atoms with E-state index in [1.807, 2.05) is 18.2 Å². The zero-order chi connectivity index (χ0) is 17.2. The summed E-state index contributed by atoms with van der Waals surface area (Å²) in [6, 6.07) is 6.79. The molecule has 0 radical (unpaired) electrons. The number of halogens is 5. The maximum Gasteiger partial charge on any atom is 0.262 e. The van der Waals surface area contributed by atoms with Gasteiger partial charge in [-0.25, -0.2) is 8.78 Å². The van der Waals surface area contributed by atoms with Crippen molar-refractivity contribution in [3.8, 4) is 0 Å². The first-order valence-corrected chi connectivity index (χ1v) is 8.33. The lowest BCUT2D eigenvalue weighted by Gasteiger charge is -2.32. The van der Waals surface area contributed by atoms with Crippen molar-refractivity contribution < 1.29 is 13.6 Å². The van der Waals surface area contributed by atoms with E-state index in [1.54, 1.807) is 6.07 Å². The number of piperazine rings is 1. The smallest absolute Gasteiger partial charge is 0.262 e. The summed E-state index contributed by atoms with van der Waals surface area (Å²) in [5.74, 6) is -3.20. The maximum atomic E-state index is 13.2. The van der Waals surface area contributed by atoms with Crippen molar-refractivity contribution in [3.05, 3.63) is 29.8 Å². The van der Waals surface area contributed by atoms with Crippen LogP contribution in [0.25, 0.3) is 0 Å². The Morgan fingerprint density at radius 1 is 1.22 bits per heavy atom. The van der Waals surface area contributed by atoms with E-state index in [-0.39, 0.29) is 37.2 Å². The first-order chi connectivity index (χ1) is 11.4. The number of hydrogen-bond donors (Lipinski definition) is 2. The number of nitrogens with zero attached hydrogens (tertiary/aromatic N) is 2. The fraction of sp³-hybridized carbons (Fsp3) is 0.588. The molecule has 2 heterocycles. The van der Waals surface area contributed by atoms with Gasteiger partial charge in [0.2, 0.25) is 5.91 Å². The van der Waals surface area contributed by atoms with Gasteiger partial charge in [-0.15, -0.1) is 37.2 Å². The standard InChI is InChI=1S/C17H24F2N4O.3ClH/c1-22-5-7-23(8-6-22)11-13-3-2-4-14(9-13)21-16(24)15-10-17(18,19)12-20-15;;;/h2-4,9,15,20H,5-8,10-12H2,1H3,(H,21,24);3*1H. The number of benzene rings is 1. The van der Waals surface area contributed by atoms with Crippen molar-refractivity contribution in [2.45, 2.75) is 24.9 Å². The molecule has 2 fully saturated rings. The van der Waals surface area contributed by atoms with Crippen LogP contribution in [0.3, 0.4) is 0 Å². The molecule has 1 atom stereocenters. The second-order valence-corrected chi connectivity index (χ2v) is 6.76. The van der Waals surface area contributed by atoms with Gasteiger partial charge in [-0.2, -0.15) is 0 Å². The molecule has 0 saturated carbocycles. The van der Waals surface area contributed by atoms with E-state index in [0.717, 1.165) is 38.3 Å². The van der Waals surface area contributed by atoms with E-state index in [2.05, 4.69) is 27.5 Å². The minimum atomic E-state index is -2.80. The van der Waals surface area contributed by atoms with Gasteiger partial charge in [0.25, 0.3) is 5.92 Å².